The highest BCUT2D eigenvalue weighted by Gasteiger charge is 2.22. The molecule has 1 aliphatic carbocycles. The minimum absolute atomic E-state index is 0.0864. The van der Waals surface area contributed by atoms with Gasteiger partial charge in [0.15, 0.2) is 0 Å². The molecule has 5 nitrogen and oxygen atoms in total. The quantitative estimate of drug-likeness (QED) is 0.662. The Morgan fingerprint density at radius 3 is 2.79 bits per heavy atom. The van der Waals surface area contributed by atoms with Crippen LogP contribution in [0.3, 0.4) is 0 Å². The van der Waals surface area contributed by atoms with Crippen molar-refractivity contribution in [1.29, 1.82) is 0 Å². The Labute approximate surface area is 116 Å². The Balaban J connectivity index is 1.69. The molecule has 19 heavy (non-hydrogen) atoms. The van der Waals surface area contributed by atoms with Crippen LogP contribution in [0.4, 0.5) is 0 Å². The van der Waals surface area contributed by atoms with Gasteiger partial charge in [-0.3, -0.25) is 4.79 Å². The van der Waals surface area contributed by atoms with Gasteiger partial charge in [0, 0.05) is 30.4 Å². The zero-order valence-corrected chi connectivity index (χ0v) is 11.7. The lowest BCUT2D eigenvalue weighted by atomic mass is 10.2. The highest BCUT2D eigenvalue weighted by Crippen LogP contribution is 2.21. The highest BCUT2D eigenvalue weighted by atomic mass is 32.1. The molecule has 1 fully saturated rings. The number of nitrogens with one attached hydrogen (secondary N) is 2. The number of carboxylic acids is 1. The molecule has 1 heterocycles. The van der Waals surface area contributed by atoms with Crippen LogP contribution in [0.15, 0.2) is 6.07 Å². The number of thiophene rings is 1. The Bertz CT molecular complexity index is 480. The molecule has 1 aliphatic rings. The van der Waals surface area contributed by atoms with E-state index in [2.05, 4.69) is 10.6 Å². The van der Waals surface area contributed by atoms with Gasteiger partial charge in [0.2, 0.25) is 5.91 Å². The van der Waals surface area contributed by atoms with Crippen molar-refractivity contribution in [2.75, 3.05) is 6.54 Å². The number of hydrogen-bond acceptors (Lipinski definition) is 4. The van der Waals surface area contributed by atoms with E-state index in [4.69, 9.17) is 5.11 Å². The number of aromatic carboxylic acids is 1. The van der Waals surface area contributed by atoms with E-state index in [1.54, 1.807) is 6.07 Å². The Hall–Kier alpha value is -1.40. The zero-order chi connectivity index (χ0) is 13.8. The summed E-state index contributed by atoms with van der Waals surface area (Å²) in [4.78, 5) is 23.6. The third kappa shape index (κ3) is 4.33. The van der Waals surface area contributed by atoms with Gasteiger partial charge in [0.1, 0.15) is 4.88 Å². The molecule has 104 valence electrons. The lowest BCUT2D eigenvalue weighted by Crippen LogP contribution is -2.29. The molecule has 1 aromatic rings. The number of hydrogen-bond donors (Lipinski definition) is 3. The maximum atomic E-state index is 11.4. The first-order chi connectivity index (χ1) is 9.06. The molecule has 1 amide bonds. The second-order valence-corrected chi connectivity index (χ2v) is 6.02. The summed E-state index contributed by atoms with van der Waals surface area (Å²) in [5.74, 6) is -0.800. The largest absolute Gasteiger partial charge is 0.477 e. The normalized spacial score (nSPS) is 14.4. The smallest absolute Gasteiger partial charge is 0.345 e. The minimum atomic E-state index is -0.886. The summed E-state index contributed by atoms with van der Waals surface area (Å²) in [6, 6.07) is 2.10. The van der Waals surface area contributed by atoms with Crippen molar-refractivity contribution in [1.82, 2.24) is 10.6 Å². The van der Waals surface area contributed by atoms with E-state index >= 15 is 0 Å². The van der Waals surface area contributed by atoms with Crippen LogP contribution >= 0.6 is 11.3 Å². The third-order valence-corrected chi connectivity index (χ3v) is 4.10. The summed E-state index contributed by atoms with van der Waals surface area (Å²) in [5, 5.41) is 15.0. The first-order valence-corrected chi connectivity index (χ1v) is 7.20. The predicted octanol–water partition coefficient (Wildman–Crippen LogP) is 1.51. The maximum Gasteiger partial charge on any atom is 0.345 e. The fourth-order valence-corrected chi connectivity index (χ4v) is 2.63. The molecule has 0 spiro atoms. The van der Waals surface area contributed by atoms with Gasteiger partial charge in [-0.25, -0.2) is 4.79 Å². The van der Waals surface area contributed by atoms with E-state index in [-0.39, 0.29) is 5.91 Å². The fourth-order valence-electron chi connectivity index (χ4n) is 1.75. The number of carbonyl (C=O) groups is 2. The van der Waals surface area contributed by atoms with Gasteiger partial charge in [-0.15, -0.1) is 11.3 Å². The zero-order valence-electron chi connectivity index (χ0n) is 10.9. The molecule has 1 aromatic heterocycles. The van der Waals surface area contributed by atoms with E-state index in [1.165, 1.54) is 11.3 Å². The molecule has 3 N–H and O–H groups in total. The number of amides is 1. The van der Waals surface area contributed by atoms with Crippen LogP contribution in [-0.4, -0.2) is 29.6 Å². The van der Waals surface area contributed by atoms with Crippen LogP contribution in [0.1, 0.15) is 39.4 Å². The predicted molar refractivity (Wildman–Crippen MR) is 73.5 cm³/mol. The van der Waals surface area contributed by atoms with Crippen LogP contribution in [0, 0.1) is 6.92 Å². The molecule has 0 aliphatic heterocycles. The topological polar surface area (TPSA) is 78.4 Å². The standard InChI is InChI=1S/C13H18N2O3S/c1-8-9(6-11(19-8)13(17)18)7-14-5-4-12(16)15-10-2-3-10/h6,10,14H,2-5,7H2,1H3,(H,15,16)(H,17,18). The molecule has 6 heteroatoms. The van der Waals surface area contributed by atoms with E-state index in [0.29, 0.717) is 30.4 Å². The molecular weight excluding hydrogens is 264 g/mol. The average Bonchev–Trinajstić information content (AvgIpc) is 3.07. The van der Waals surface area contributed by atoms with Crippen molar-refractivity contribution in [2.45, 2.75) is 38.8 Å². The molecule has 0 atom stereocenters. The Kier molecular flexibility index (Phi) is 4.55. The van der Waals surface area contributed by atoms with Gasteiger partial charge in [-0.05, 0) is 31.4 Å². The molecule has 0 aromatic carbocycles. The van der Waals surface area contributed by atoms with Crippen molar-refractivity contribution in [3.8, 4) is 0 Å². The second kappa shape index (κ2) is 6.16. The van der Waals surface area contributed by atoms with Crippen molar-refractivity contribution in [3.05, 3.63) is 21.4 Å². The highest BCUT2D eigenvalue weighted by molar-refractivity contribution is 7.14. The van der Waals surface area contributed by atoms with Gasteiger partial charge < -0.3 is 15.7 Å². The first kappa shape index (κ1) is 14.0. The van der Waals surface area contributed by atoms with Gasteiger partial charge >= 0.3 is 5.97 Å². The van der Waals surface area contributed by atoms with Crippen LogP contribution in [0.5, 0.6) is 0 Å². The van der Waals surface area contributed by atoms with Gasteiger partial charge in [-0.2, -0.15) is 0 Å². The summed E-state index contributed by atoms with van der Waals surface area (Å²) in [6.07, 6.45) is 2.67. The number of rotatable bonds is 7. The molecule has 0 unspecified atom stereocenters. The van der Waals surface area contributed by atoms with Crippen molar-refractivity contribution >= 4 is 23.2 Å². The monoisotopic (exact) mass is 282 g/mol. The van der Waals surface area contributed by atoms with E-state index in [9.17, 15) is 9.59 Å². The van der Waals surface area contributed by atoms with E-state index in [1.807, 2.05) is 6.92 Å². The van der Waals surface area contributed by atoms with Crippen LogP contribution in [0.25, 0.3) is 0 Å². The Morgan fingerprint density at radius 2 is 2.21 bits per heavy atom. The minimum Gasteiger partial charge on any atom is -0.477 e. The van der Waals surface area contributed by atoms with Crippen molar-refractivity contribution in [3.63, 3.8) is 0 Å². The molecule has 2 rings (SSSR count). The van der Waals surface area contributed by atoms with Crippen LogP contribution < -0.4 is 10.6 Å². The number of carbonyl (C=O) groups excluding carboxylic acids is 1. The molecule has 1 saturated carbocycles. The average molecular weight is 282 g/mol. The van der Waals surface area contributed by atoms with Crippen molar-refractivity contribution < 1.29 is 14.7 Å². The van der Waals surface area contributed by atoms with Crippen LogP contribution in [-0.2, 0) is 11.3 Å². The molecular formula is C13H18N2O3S. The second-order valence-electron chi connectivity index (χ2n) is 4.77. The lowest BCUT2D eigenvalue weighted by Gasteiger charge is -2.05. The fraction of sp³-hybridized carbons (Fsp3) is 0.538. The van der Waals surface area contributed by atoms with E-state index in [0.717, 1.165) is 23.3 Å². The first-order valence-electron chi connectivity index (χ1n) is 6.39. The SMILES string of the molecule is Cc1sc(C(=O)O)cc1CNCCC(=O)NC1CC1. The van der Waals surface area contributed by atoms with E-state index < -0.39 is 5.97 Å². The van der Waals surface area contributed by atoms with Gasteiger partial charge in [0.25, 0.3) is 0 Å². The Morgan fingerprint density at radius 1 is 1.47 bits per heavy atom. The molecule has 0 saturated heterocycles. The summed E-state index contributed by atoms with van der Waals surface area (Å²) in [6.45, 7) is 3.12. The summed E-state index contributed by atoms with van der Waals surface area (Å²) in [7, 11) is 0. The summed E-state index contributed by atoms with van der Waals surface area (Å²) in [5.41, 5.74) is 0.991. The lowest BCUT2D eigenvalue weighted by molar-refractivity contribution is -0.121. The maximum absolute atomic E-state index is 11.4. The third-order valence-electron chi connectivity index (χ3n) is 3.02. The van der Waals surface area contributed by atoms with Gasteiger partial charge in [-0.1, -0.05) is 0 Å². The summed E-state index contributed by atoms with van der Waals surface area (Å²) >= 11 is 1.28. The number of carboxylic acid groups (broad SMARTS) is 1. The molecule has 0 bridgehead atoms. The summed E-state index contributed by atoms with van der Waals surface area (Å²) < 4.78 is 0. The number of aryl methyl sites for hydroxylation is 1. The van der Waals surface area contributed by atoms with Crippen LogP contribution in [0.2, 0.25) is 0 Å². The van der Waals surface area contributed by atoms with Gasteiger partial charge in [0.05, 0.1) is 0 Å². The molecule has 0 radical (unpaired) electrons. The van der Waals surface area contributed by atoms with Crippen molar-refractivity contribution in [2.24, 2.45) is 0 Å².